The van der Waals surface area contributed by atoms with Gasteiger partial charge in [0.15, 0.2) is 0 Å². The SMILES string of the molecule is CC1(C)CCCC(O)(Cc2cccnc2N)C1. The van der Waals surface area contributed by atoms with Gasteiger partial charge in [0, 0.05) is 12.6 Å². The van der Waals surface area contributed by atoms with Gasteiger partial charge in [0.1, 0.15) is 5.82 Å². The lowest BCUT2D eigenvalue weighted by Crippen LogP contribution is -2.40. The zero-order chi connectivity index (χ0) is 12.5. The molecule has 2 rings (SSSR count). The molecule has 0 amide bonds. The van der Waals surface area contributed by atoms with Gasteiger partial charge < -0.3 is 10.8 Å². The van der Waals surface area contributed by atoms with Crippen LogP contribution in [0.15, 0.2) is 18.3 Å². The molecule has 0 aliphatic heterocycles. The predicted molar refractivity (Wildman–Crippen MR) is 69.6 cm³/mol. The molecule has 94 valence electrons. The molecule has 1 saturated carbocycles. The zero-order valence-electron chi connectivity index (χ0n) is 10.7. The fourth-order valence-corrected chi connectivity index (χ4v) is 3.07. The molecule has 3 N–H and O–H groups in total. The van der Waals surface area contributed by atoms with E-state index in [-0.39, 0.29) is 5.41 Å². The van der Waals surface area contributed by atoms with Crippen molar-refractivity contribution in [3.63, 3.8) is 0 Å². The van der Waals surface area contributed by atoms with Crippen LogP contribution in [0, 0.1) is 5.41 Å². The van der Waals surface area contributed by atoms with Gasteiger partial charge in [0.25, 0.3) is 0 Å². The number of aliphatic hydroxyl groups is 1. The van der Waals surface area contributed by atoms with Crippen molar-refractivity contribution in [3.05, 3.63) is 23.9 Å². The summed E-state index contributed by atoms with van der Waals surface area (Å²) in [6, 6.07) is 3.84. The highest BCUT2D eigenvalue weighted by molar-refractivity contribution is 5.39. The minimum atomic E-state index is -0.612. The second-order valence-corrected chi connectivity index (χ2v) is 6.14. The Morgan fingerprint density at radius 1 is 1.41 bits per heavy atom. The average Bonchev–Trinajstić information content (AvgIpc) is 2.19. The van der Waals surface area contributed by atoms with Crippen LogP contribution >= 0.6 is 0 Å². The Bertz CT molecular complexity index is 403. The van der Waals surface area contributed by atoms with E-state index in [1.807, 2.05) is 12.1 Å². The van der Waals surface area contributed by atoms with Gasteiger partial charge in [-0.25, -0.2) is 4.98 Å². The average molecular weight is 234 g/mol. The lowest BCUT2D eigenvalue weighted by molar-refractivity contribution is -0.0381. The van der Waals surface area contributed by atoms with Gasteiger partial charge in [0.2, 0.25) is 0 Å². The zero-order valence-corrected chi connectivity index (χ0v) is 10.7. The summed E-state index contributed by atoms with van der Waals surface area (Å²) in [7, 11) is 0. The molecule has 1 heterocycles. The Morgan fingerprint density at radius 3 is 2.82 bits per heavy atom. The van der Waals surface area contributed by atoms with E-state index in [1.165, 1.54) is 6.42 Å². The van der Waals surface area contributed by atoms with Crippen LogP contribution in [0.25, 0.3) is 0 Å². The smallest absolute Gasteiger partial charge is 0.126 e. The summed E-state index contributed by atoms with van der Waals surface area (Å²) >= 11 is 0. The molecule has 1 aromatic rings. The fourth-order valence-electron chi connectivity index (χ4n) is 3.07. The van der Waals surface area contributed by atoms with E-state index in [9.17, 15) is 5.11 Å². The number of nitrogens with zero attached hydrogens (tertiary/aromatic N) is 1. The van der Waals surface area contributed by atoms with Crippen LogP contribution in [-0.2, 0) is 6.42 Å². The molecular formula is C14H22N2O. The fraction of sp³-hybridized carbons (Fsp3) is 0.643. The van der Waals surface area contributed by atoms with E-state index in [0.717, 1.165) is 24.8 Å². The minimum absolute atomic E-state index is 0.226. The van der Waals surface area contributed by atoms with Crippen molar-refractivity contribution in [2.45, 2.75) is 51.6 Å². The molecule has 1 unspecified atom stereocenters. The quantitative estimate of drug-likeness (QED) is 0.826. The number of hydrogen-bond acceptors (Lipinski definition) is 3. The normalized spacial score (nSPS) is 27.9. The lowest BCUT2D eigenvalue weighted by Gasteiger charge is -2.41. The van der Waals surface area contributed by atoms with Crippen LogP contribution in [0.5, 0.6) is 0 Å². The highest BCUT2D eigenvalue weighted by Gasteiger charge is 2.38. The minimum Gasteiger partial charge on any atom is -0.390 e. The summed E-state index contributed by atoms with van der Waals surface area (Å²) in [5.41, 5.74) is 6.42. The van der Waals surface area contributed by atoms with Crippen LogP contribution in [0.1, 0.15) is 45.1 Å². The van der Waals surface area contributed by atoms with Gasteiger partial charge in [-0.05, 0) is 36.3 Å². The first-order valence-corrected chi connectivity index (χ1v) is 6.32. The Balaban J connectivity index is 2.15. The third-order valence-corrected chi connectivity index (χ3v) is 3.75. The second-order valence-electron chi connectivity index (χ2n) is 6.14. The summed E-state index contributed by atoms with van der Waals surface area (Å²) in [5.74, 6) is 0.546. The number of nitrogens with two attached hydrogens (primary N) is 1. The monoisotopic (exact) mass is 234 g/mol. The van der Waals surface area contributed by atoms with Gasteiger partial charge in [-0.2, -0.15) is 0 Å². The Labute approximate surface area is 103 Å². The van der Waals surface area contributed by atoms with Gasteiger partial charge >= 0.3 is 0 Å². The highest BCUT2D eigenvalue weighted by Crippen LogP contribution is 2.42. The van der Waals surface area contributed by atoms with Crippen LogP contribution in [0.3, 0.4) is 0 Å². The maximum Gasteiger partial charge on any atom is 0.126 e. The summed E-state index contributed by atoms with van der Waals surface area (Å²) in [5, 5.41) is 10.7. The number of rotatable bonds is 2. The number of aromatic nitrogens is 1. The summed E-state index contributed by atoms with van der Waals surface area (Å²) < 4.78 is 0. The van der Waals surface area contributed by atoms with E-state index in [2.05, 4.69) is 18.8 Å². The first kappa shape index (κ1) is 12.4. The molecule has 1 atom stereocenters. The second kappa shape index (κ2) is 4.30. The van der Waals surface area contributed by atoms with Gasteiger partial charge in [-0.1, -0.05) is 26.3 Å². The highest BCUT2D eigenvalue weighted by atomic mass is 16.3. The van der Waals surface area contributed by atoms with Crippen molar-refractivity contribution in [3.8, 4) is 0 Å². The van der Waals surface area contributed by atoms with Crippen molar-refractivity contribution in [1.82, 2.24) is 4.98 Å². The number of nitrogen functional groups attached to an aromatic ring is 1. The molecular weight excluding hydrogens is 212 g/mol. The van der Waals surface area contributed by atoms with Crippen LogP contribution in [-0.4, -0.2) is 15.7 Å². The van der Waals surface area contributed by atoms with Crippen molar-refractivity contribution in [1.29, 1.82) is 0 Å². The molecule has 0 aromatic carbocycles. The Hall–Kier alpha value is -1.09. The third kappa shape index (κ3) is 2.97. The molecule has 1 fully saturated rings. The Kier molecular flexibility index (Phi) is 3.13. The molecule has 1 aromatic heterocycles. The molecule has 0 radical (unpaired) electrons. The standard InChI is InChI=1S/C14H22N2O/c1-13(2)6-4-7-14(17,10-13)9-11-5-3-8-16-12(11)15/h3,5,8,17H,4,6-7,9-10H2,1-2H3,(H2,15,16). The van der Waals surface area contributed by atoms with Gasteiger partial charge in [-0.3, -0.25) is 0 Å². The van der Waals surface area contributed by atoms with Crippen molar-refractivity contribution < 1.29 is 5.11 Å². The number of anilines is 1. The van der Waals surface area contributed by atoms with Crippen LogP contribution in [0.2, 0.25) is 0 Å². The first-order chi connectivity index (χ1) is 7.90. The first-order valence-electron chi connectivity index (χ1n) is 6.32. The largest absolute Gasteiger partial charge is 0.390 e. The van der Waals surface area contributed by atoms with E-state index in [4.69, 9.17) is 5.73 Å². The summed E-state index contributed by atoms with van der Waals surface area (Å²) in [6.45, 7) is 4.45. The molecule has 0 saturated heterocycles. The molecule has 3 heteroatoms. The maximum atomic E-state index is 10.7. The predicted octanol–water partition coefficient (Wildman–Crippen LogP) is 2.54. The molecule has 0 bridgehead atoms. The van der Waals surface area contributed by atoms with Gasteiger partial charge in [-0.15, -0.1) is 0 Å². The molecule has 0 spiro atoms. The van der Waals surface area contributed by atoms with Crippen molar-refractivity contribution in [2.75, 3.05) is 5.73 Å². The van der Waals surface area contributed by atoms with E-state index >= 15 is 0 Å². The third-order valence-electron chi connectivity index (χ3n) is 3.75. The summed E-state index contributed by atoms with van der Waals surface area (Å²) in [4.78, 5) is 4.08. The van der Waals surface area contributed by atoms with Crippen molar-refractivity contribution >= 4 is 5.82 Å². The molecule has 3 nitrogen and oxygen atoms in total. The summed E-state index contributed by atoms with van der Waals surface area (Å²) in [6.07, 6.45) is 6.30. The molecule has 1 aliphatic carbocycles. The van der Waals surface area contributed by atoms with E-state index in [1.54, 1.807) is 6.20 Å². The number of hydrogen-bond donors (Lipinski definition) is 2. The lowest BCUT2D eigenvalue weighted by atomic mass is 9.68. The maximum absolute atomic E-state index is 10.7. The van der Waals surface area contributed by atoms with E-state index < -0.39 is 5.60 Å². The number of pyridine rings is 1. The van der Waals surface area contributed by atoms with Gasteiger partial charge in [0.05, 0.1) is 5.60 Å². The van der Waals surface area contributed by atoms with E-state index in [0.29, 0.717) is 12.2 Å². The molecule has 17 heavy (non-hydrogen) atoms. The van der Waals surface area contributed by atoms with Crippen LogP contribution in [0.4, 0.5) is 5.82 Å². The van der Waals surface area contributed by atoms with Crippen molar-refractivity contribution in [2.24, 2.45) is 5.41 Å². The Morgan fingerprint density at radius 2 is 2.18 bits per heavy atom. The topological polar surface area (TPSA) is 59.1 Å². The molecule has 1 aliphatic rings. The van der Waals surface area contributed by atoms with Crippen LogP contribution < -0.4 is 5.73 Å².